The molecule has 13 rings (SSSR count). The van der Waals surface area contributed by atoms with Crippen molar-refractivity contribution < 1.29 is 18.3 Å². The predicted octanol–water partition coefficient (Wildman–Crippen LogP) is 8.65. The normalized spacial score (nSPS) is 14.8. The third-order valence-corrected chi connectivity index (χ3v) is 14.0. The van der Waals surface area contributed by atoms with Crippen LogP contribution >= 0.6 is 11.3 Å². The number of hydrogen-bond donors (Lipinski definition) is 1. The lowest BCUT2D eigenvalue weighted by Gasteiger charge is -2.13. The van der Waals surface area contributed by atoms with Crippen molar-refractivity contribution in [2.75, 3.05) is 7.05 Å². The van der Waals surface area contributed by atoms with Gasteiger partial charge in [-0.25, -0.2) is 9.97 Å². The van der Waals surface area contributed by atoms with Crippen molar-refractivity contribution in [3.05, 3.63) is 135 Å². The number of hydrogen-bond acceptors (Lipinski definition) is 11. The molecule has 2 aromatic carbocycles. The van der Waals surface area contributed by atoms with Crippen LogP contribution in [0.5, 0.6) is 5.88 Å². The number of thiazole rings is 1. The molecular weight excluding hydrogens is 915 g/mol. The van der Waals surface area contributed by atoms with Gasteiger partial charge in [0.25, 0.3) is 17.0 Å². The van der Waals surface area contributed by atoms with Crippen LogP contribution in [0.4, 0.5) is 8.78 Å². The molecule has 3 aliphatic rings. The van der Waals surface area contributed by atoms with Crippen LogP contribution < -0.4 is 21.2 Å². The van der Waals surface area contributed by atoms with Crippen molar-refractivity contribution in [3.63, 3.8) is 0 Å². The van der Waals surface area contributed by atoms with Crippen LogP contribution in [-0.2, 0) is 20.1 Å². The smallest absolute Gasteiger partial charge is 0.388 e. The number of nitrogens with zero attached hydrogens (tertiary/aromatic N) is 11. The van der Waals surface area contributed by atoms with Gasteiger partial charge in [0.15, 0.2) is 0 Å². The van der Waals surface area contributed by atoms with E-state index < -0.39 is 6.61 Å². The molecule has 1 amide bonds. The lowest BCUT2D eigenvalue weighted by atomic mass is 10.1. The zero-order valence-electron chi connectivity index (χ0n) is 38.0. The summed E-state index contributed by atoms with van der Waals surface area (Å²) in [6.07, 6.45) is 15.8. The second kappa shape index (κ2) is 17.2. The second-order valence-corrected chi connectivity index (χ2v) is 19.2. The third-order valence-electron chi connectivity index (χ3n) is 13.2. The highest BCUT2D eigenvalue weighted by atomic mass is 32.1. The molecule has 70 heavy (non-hydrogen) atoms. The number of halogens is 2. The Labute approximate surface area is 400 Å². The zero-order valence-corrected chi connectivity index (χ0v) is 38.8. The lowest BCUT2D eigenvalue weighted by Crippen LogP contribution is -2.25. The minimum absolute atomic E-state index is 0.205. The molecule has 3 saturated carbocycles. The van der Waals surface area contributed by atoms with Crippen LogP contribution in [-0.4, -0.2) is 73.0 Å². The number of rotatable bonds is 12. The van der Waals surface area contributed by atoms with Crippen molar-refractivity contribution in [2.24, 2.45) is 18.9 Å². The maximum atomic E-state index is 14.2. The monoisotopic (exact) mass is 958 g/mol. The highest BCUT2D eigenvalue weighted by Gasteiger charge is 2.30. The summed E-state index contributed by atoms with van der Waals surface area (Å²) < 4.78 is 39.1. The van der Waals surface area contributed by atoms with Gasteiger partial charge in [-0.3, -0.25) is 24.0 Å². The molecule has 8 aromatic heterocycles. The number of pyridine rings is 2. The highest BCUT2D eigenvalue weighted by molar-refractivity contribution is 7.16. The average Bonchev–Trinajstić information content (AvgIpc) is 4.33. The summed E-state index contributed by atoms with van der Waals surface area (Å²) in [5, 5.41) is 17.5. The molecule has 0 bridgehead atoms. The molecule has 0 spiro atoms. The summed E-state index contributed by atoms with van der Waals surface area (Å²) in [4.78, 5) is 53.9. The SMILES string of the molecule is CNC(=O)c1cn(CC2CC2)c2c(-c3ccc(C4CC4)nc3)c(=O)n(-c3ccc4nn(C)cc4c3)nc12.O=c1c(-c2ccc(OC(F)F)nc2)c2c(ccn2CC2CC2)nn1-c1ccc2ncsc2c1. The molecule has 0 saturated heterocycles. The van der Waals surface area contributed by atoms with E-state index in [1.165, 1.54) is 33.0 Å². The third kappa shape index (κ3) is 8.18. The van der Waals surface area contributed by atoms with Crippen molar-refractivity contribution in [3.8, 4) is 39.5 Å². The zero-order chi connectivity index (χ0) is 47.8. The molecule has 0 unspecified atom stereocenters. The molecule has 1 N–H and O–H groups in total. The Balaban J connectivity index is 0.000000145. The van der Waals surface area contributed by atoms with Crippen molar-refractivity contribution >= 4 is 60.4 Å². The number of carbonyl (C=O) groups is 1. The number of amides is 1. The highest BCUT2D eigenvalue weighted by Crippen LogP contribution is 2.40. The van der Waals surface area contributed by atoms with Crippen molar-refractivity contribution in [1.82, 2.24) is 58.7 Å². The maximum Gasteiger partial charge on any atom is 0.388 e. The number of ether oxygens (including phenoxy) is 1. The topological polar surface area (TPSA) is 174 Å². The number of alkyl halides is 2. The van der Waals surface area contributed by atoms with Crippen LogP contribution in [0.15, 0.2) is 113 Å². The van der Waals surface area contributed by atoms with E-state index in [9.17, 15) is 23.2 Å². The molecule has 16 nitrogen and oxygen atoms in total. The van der Waals surface area contributed by atoms with E-state index >= 15 is 0 Å². The fraction of sp³-hybridized carbons (Fsp3) is 0.275. The molecule has 0 aliphatic heterocycles. The average molecular weight is 959 g/mol. The predicted molar refractivity (Wildman–Crippen MR) is 262 cm³/mol. The van der Waals surface area contributed by atoms with Gasteiger partial charge in [-0.1, -0.05) is 6.07 Å². The van der Waals surface area contributed by atoms with Crippen molar-refractivity contribution in [1.29, 1.82) is 0 Å². The summed E-state index contributed by atoms with van der Waals surface area (Å²) in [7, 11) is 3.48. The van der Waals surface area contributed by atoms with Crippen LogP contribution in [0.3, 0.4) is 0 Å². The first-order valence-corrected chi connectivity index (χ1v) is 24.1. The van der Waals surface area contributed by atoms with E-state index in [0.29, 0.717) is 73.4 Å². The van der Waals surface area contributed by atoms with E-state index in [1.54, 1.807) is 29.5 Å². The molecule has 3 aliphatic carbocycles. The van der Waals surface area contributed by atoms with E-state index in [-0.39, 0.29) is 22.9 Å². The summed E-state index contributed by atoms with van der Waals surface area (Å²) in [5.74, 6) is 1.22. The number of carbonyl (C=O) groups excluding carboxylic acids is 1. The van der Waals surface area contributed by atoms with Gasteiger partial charge >= 0.3 is 6.61 Å². The Morgan fingerprint density at radius 2 is 1.43 bits per heavy atom. The summed E-state index contributed by atoms with van der Waals surface area (Å²) in [6, 6.07) is 20.0. The second-order valence-electron chi connectivity index (χ2n) is 18.3. The van der Waals surface area contributed by atoms with Gasteiger partial charge < -0.3 is 19.2 Å². The Hall–Kier alpha value is -7.93. The quantitative estimate of drug-likeness (QED) is 0.125. The van der Waals surface area contributed by atoms with Crippen LogP contribution in [0.2, 0.25) is 0 Å². The summed E-state index contributed by atoms with van der Waals surface area (Å²) >= 11 is 1.49. The first kappa shape index (κ1) is 43.4. The van der Waals surface area contributed by atoms with Gasteiger partial charge in [0.2, 0.25) is 5.88 Å². The minimum Gasteiger partial charge on any atom is -0.417 e. The fourth-order valence-corrected chi connectivity index (χ4v) is 9.88. The standard InChI is InChI=1S/C28H27N7O2.C23H17F2N5O2S/c1-29-27(36)21-15-34(13-16-3-4-16)26-24(18-7-9-22(30-12-18)17-5-6-17)28(37)35(32-25(21)26)20-8-10-23-19(11-20)14-33(2)31-23;24-23(25)32-19-6-3-14(10-26-19)20-21-17(7-8-29(21)11-13-1-2-13)28-30(22(20)31)15-4-5-16-18(9-15)33-12-27-16/h7-12,14-17H,3-6,13H2,1-2H3,(H,29,36);3-10,12-13,23H,1-2,11H2. The largest absolute Gasteiger partial charge is 0.417 e. The molecule has 0 radical (unpaired) electrons. The Morgan fingerprint density at radius 1 is 0.743 bits per heavy atom. The molecule has 3 fully saturated rings. The van der Waals surface area contributed by atoms with E-state index in [2.05, 4.69) is 34.8 Å². The molecular formula is C51H44F2N12O4S. The number of benzene rings is 2. The fourth-order valence-electron chi connectivity index (χ4n) is 9.17. The van der Waals surface area contributed by atoms with Gasteiger partial charge in [-0.15, -0.1) is 11.3 Å². The van der Waals surface area contributed by atoms with Gasteiger partial charge in [0.05, 0.1) is 60.3 Å². The molecule has 352 valence electrons. The lowest BCUT2D eigenvalue weighted by molar-refractivity contribution is -0.0528. The Kier molecular flexibility index (Phi) is 10.7. The molecule has 19 heteroatoms. The summed E-state index contributed by atoms with van der Waals surface area (Å²) in [5.41, 5.74) is 10.4. The molecule has 0 atom stereocenters. The van der Waals surface area contributed by atoms with Gasteiger partial charge in [0.1, 0.15) is 11.0 Å². The van der Waals surface area contributed by atoms with E-state index in [1.807, 2.05) is 84.8 Å². The van der Waals surface area contributed by atoms with Crippen LogP contribution in [0.1, 0.15) is 60.5 Å². The maximum absolute atomic E-state index is 14.2. The Morgan fingerprint density at radius 3 is 2.10 bits per heavy atom. The minimum atomic E-state index is -2.97. The first-order valence-electron chi connectivity index (χ1n) is 23.2. The van der Waals surface area contributed by atoms with Crippen molar-refractivity contribution in [2.45, 2.75) is 64.1 Å². The van der Waals surface area contributed by atoms with Crippen LogP contribution in [0.25, 0.3) is 76.8 Å². The number of aromatic nitrogens is 11. The summed E-state index contributed by atoms with van der Waals surface area (Å²) in [6.45, 7) is -1.42. The Bertz CT molecular complexity index is 3790. The first-order chi connectivity index (χ1) is 34.1. The molecule has 8 heterocycles. The van der Waals surface area contributed by atoms with Gasteiger partial charge in [-0.2, -0.15) is 33.4 Å². The van der Waals surface area contributed by atoms with Crippen LogP contribution in [0, 0.1) is 11.8 Å². The van der Waals surface area contributed by atoms with E-state index in [0.717, 1.165) is 84.0 Å². The van der Waals surface area contributed by atoms with Gasteiger partial charge in [0, 0.05) is 92.4 Å². The molecule has 10 aromatic rings. The number of fused-ring (bicyclic) bond motifs is 4. The number of aryl methyl sites for hydroxylation is 1. The van der Waals surface area contributed by atoms with E-state index in [4.69, 9.17) is 10.1 Å². The number of nitrogens with one attached hydrogen (secondary N) is 1. The van der Waals surface area contributed by atoms with Gasteiger partial charge in [-0.05, 0) is 105 Å².